The van der Waals surface area contributed by atoms with Gasteiger partial charge in [-0.1, -0.05) is 218 Å². The molecule has 2 nitrogen and oxygen atoms in total. The Labute approximate surface area is 373 Å². The number of rotatable bonds is 7. The van der Waals surface area contributed by atoms with Gasteiger partial charge in [-0.05, 0) is 86.0 Å². The highest BCUT2D eigenvalue weighted by Crippen LogP contribution is 2.62. The molecule has 300 valence electrons. The molecule has 0 bridgehead atoms. The highest BCUT2D eigenvalue weighted by Gasteiger charge is 2.49. The molecule has 1 aromatic heterocycles. The van der Waals surface area contributed by atoms with E-state index >= 15 is 0 Å². The van der Waals surface area contributed by atoms with E-state index in [4.69, 9.17) is 4.42 Å². The highest BCUT2D eigenvalue weighted by molar-refractivity contribution is 6.16. The third-order valence-corrected chi connectivity index (χ3v) is 14.0. The van der Waals surface area contributed by atoms with E-state index in [-0.39, 0.29) is 0 Å². The van der Waals surface area contributed by atoms with Gasteiger partial charge in [-0.15, -0.1) is 0 Å². The first kappa shape index (κ1) is 36.5. The first-order valence-electron chi connectivity index (χ1n) is 22.2. The van der Waals surface area contributed by atoms with Crippen LogP contribution in [0.1, 0.15) is 44.5 Å². The number of benzene rings is 10. The molecule has 2 heteroatoms. The maximum absolute atomic E-state index is 7.31. The van der Waals surface area contributed by atoms with E-state index in [1.807, 2.05) is 0 Å². The van der Waals surface area contributed by atoms with Crippen LogP contribution in [0.4, 0.5) is 17.1 Å². The number of anilines is 3. The molecule has 0 amide bonds. The van der Waals surface area contributed by atoms with Gasteiger partial charge in [0.05, 0.1) is 27.6 Å². The summed E-state index contributed by atoms with van der Waals surface area (Å²) < 4.78 is 7.31. The molecule has 0 saturated heterocycles. The second kappa shape index (κ2) is 14.2. The fourth-order valence-corrected chi connectivity index (χ4v) is 11.6. The van der Waals surface area contributed by atoms with Crippen LogP contribution >= 0.6 is 0 Å². The van der Waals surface area contributed by atoms with Crippen molar-refractivity contribution in [3.05, 3.63) is 293 Å². The largest absolute Gasteiger partial charge is 0.456 e. The molecule has 0 spiro atoms. The molecule has 13 rings (SSSR count). The minimum Gasteiger partial charge on any atom is -0.456 e. The topological polar surface area (TPSA) is 16.4 Å². The second-order valence-electron chi connectivity index (χ2n) is 17.0. The van der Waals surface area contributed by atoms with Crippen LogP contribution in [0.25, 0.3) is 44.2 Å². The summed E-state index contributed by atoms with van der Waals surface area (Å²) in [4.78, 5) is 2.49. The Hall–Kier alpha value is -8.20. The van der Waals surface area contributed by atoms with Gasteiger partial charge in [-0.3, -0.25) is 0 Å². The fourth-order valence-electron chi connectivity index (χ4n) is 11.6. The van der Waals surface area contributed by atoms with Crippen LogP contribution in [0.5, 0.6) is 0 Å². The van der Waals surface area contributed by atoms with Crippen LogP contribution in [0.2, 0.25) is 0 Å². The summed E-state index contributed by atoms with van der Waals surface area (Å²) in [6, 6.07) is 91.1. The molecule has 0 unspecified atom stereocenters. The van der Waals surface area contributed by atoms with Crippen molar-refractivity contribution in [2.45, 2.75) is 10.8 Å². The van der Waals surface area contributed by atoms with Crippen LogP contribution < -0.4 is 4.90 Å². The van der Waals surface area contributed by atoms with Gasteiger partial charge >= 0.3 is 0 Å². The Balaban J connectivity index is 1.15. The molecule has 0 atom stereocenters. The Morgan fingerprint density at radius 3 is 1.39 bits per heavy atom. The van der Waals surface area contributed by atoms with Crippen LogP contribution in [0.15, 0.2) is 253 Å². The zero-order chi connectivity index (χ0) is 42.2. The second-order valence-corrected chi connectivity index (χ2v) is 17.0. The number of hydrogen-bond acceptors (Lipinski definition) is 2. The van der Waals surface area contributed by atoms with Crippen LogP contribution in [0.3, 0.4) is 0 Å². The predicted molar refractivity (Wildman–Crippen MR) is 263 cm³/mol. The molecule has 1 heterocycles. The predicted octanol–water partition coefficient (Wildman–Crippen LogP) is 15.8. The van der Waals surface area contributed by atoms with Crippen molar-refractivity contribution in [2.24, 2.45) is 0 Å². The van der Waals surface area contributed by atoms with E-state index in [1.165, 1.54) is 61.2 Å². The molecular weight excluding hydrogens is 775 g/mol. The zero-order valence-corrected chi connectivity index (χ0v) is 35.0. The number of furan rings is 1. The summed E-state index contributed by atoms with van der Waals surface area (Å²) >= 11 is 0. The van der Waals surface area contributed by atoms with Crippen molar-refractivity contribution >= 4 is 39.0 Å². The van der Waals surface area contributed by atoms with Gasteiger partial charge in [-0.25, -0.2) is 0 Å². The Kier molecular flexibility index (Phi) is 8.07. The number of para-hydroxylation sites is 2. The minimum absolute atomic E-state index is 0.542. The van der Waals surface area contributed by atoms with Gasteiger partial charge < -0.3 is 9.32 Å². The molecule has 0 aliphatic heterocycles. The van der Waals surface area contributed by atoms with Crippen LogP contribution in [-0.2, 0) is 10.8 Å². The van der Waals surface area contributed by atoms with Gasteiger partial charge in [0.25, 0.3) is 0 Å². The fraction of sp³-hybridized carbons (Fsp3) is 0.0323. The molecular formula is C62H41NO. The molecule has 0 N–H and O–H groups in total. The summed E-state index contributed by atoms with van der Waals surface area (Å²) in [6.45, 7) is 0. The lowest BCUT2D eigenvalue weighted by Gasteiger charge is -2.35. The maximum Gasteiger partial charge on any atom is 0.142 e. The average Bonchev–Trinajstić information content (AvgIpc) is 4.02. The first-order valence-corrected chi connectivity index (χ1v) is 22.2. The summed E-state index contributed by atoms with van der Waals surface area (Å²) in [6.07, 6.45) is 0. The highest BCUT2D eigenvalue weighted by atomic mass is 16.3. The van der Waals surface area contributed by atoms with Crippen molar-refractivity contribution in [1.82, 2.24) is 0 Å². The van der Waals surface area contributed by atoms with Crippen LogP contribution in [0, 0.1) is 0 Å². The summed E-state index contributed by atoms with van der Waals surface area (Å²) in [5, 5.41) is 2.16. The molecule has 64 heavy (non-hydrogen) atoms. The standard InChI is InChI=1S/C62H41NO/c1-5-22-42(23-6-1)61(43-24-7-2-8-25-43)52-36-19-15-32-48(52)58-53(61)37-21-38-55(58)63(45-28-11-4-12-29-45)56-41-40-54(60-59(56)49-33-16-20-39-57(49)64-60)62(44-26-9-3-10-27-44)50-34-17-13-30-46(50)47-31-14-18-35-51(47)62/h1-41H. The lowest BCUT2D eigenvalue weighted by atomic mass is 9.67. The zero-order valence-electron chi connectivity index (χ0n) is 35.0. The molecule has 0 saturated carbocycles. The van der Waals surface area contributed by atoms with Gasteiger partial charge in [0.2, 0.25) is 0 Å². The SMILES string of the molecule is c1ccc(N(c2cccc3c2-c2ccccc2C3(c2ccccc2)c2ccccc2)c2ccc(C3(c4ccccc4)c4ccccc4-c4ccccc43)c3oc4ccccc4c23)cc1. The number of hydrogen-bond donors (Lipinski definition) is 0. The molecule has 0 radical (unpaired) electrons. The van der Waals surface area contributed by atoms with E-state index in [2.05, 4.69) is 254 Å². The van der Waals surface area contributed by atoms with Gasteiger partial charge in [0.1, 0.15) is 11.2 Å². The van der Waals surface area contributed by atoms with E-state index in [9.17, 15) is 0 Å². The monoisotopic (exact) mass is 815 g/mol. The Bertz CT molecular complexity index is 3470. The van der Waals surface area contributed by atoms with Crippen molar-refractivity contribution < 1.29 is 4.42 Å². The third kappa shape index (κ3) is 4.91. The average molecular weight is 816 g/mol. The van der Waals surface area contributed by atoms with E-state index in [1.54, 1.807) is 0 Å². The maximum atomic E-state index is 7.31. The molecule has 2 aliphatic carbocycles. The van der Waals surface area contributed by atoms with Gasteiger partial charge in [0.15, 0.2) is 0 Å². The normalized spacial score (nSPS) is 13.9. The summed E-state index contributed by atoms with van der Waals surface area (Å²) in [5.41, 5.74) is 18.6. The smallest absolute Gasteiger partial charge is 0.142 e. The first-order chi connectivity index (χ1) is 31.8. The summed E-state index contributed by atoms with van der Waals surface area (Å²) in [7, 11) is 0. The van der Waals surface area contributed by atoms with E-state index in [0.717, 1.165) is 44.6 Å². The van der Waals surface area contributed by atoms with Gasteiger partial charge in [0, 0.05) is 22.2 Å². The molecule has 0 fully saturated rings. The number of nitrogens with zero attached hydrogens (tertiary/aromatic N) is 1. The number of fused-ring (bicyclic) bond motifs is 9. The van der Waals surface area contributed by atoms with Gasteiger partial charge in [-0.2, -0.15) is 0 Å². The lowest BCUT2D eigenvalue weighted by Crippen LogP contribution is -2.29. The van der Waals surface area contributed by atoms with Crippen LogP contribution in [-0.4, -0.2) is 0 Å². The third-order valence-electron chi connectivity index (χ3n) is 14.0. The van der Waals surface area contributed by atoms with Crippen molar-refractivity contribution in [1.29, 1.82) is 0 Å². The Morgan fingerprint density at radius 1 is 0.312 bits per heavy atom. The molecule has 11 aromatic rings. The minimum atomic E-state index is -0.644. The van der Waals surface area contributed by atoms with E-state index in [0.29, 0.717) is 0 Å². The summed E-state index contributed by atoms with van der Waals surface area (Å²) in [5.74, 6) is 0. The van der Waals surface area contributed by atoms with Crippen molar-refractivity contribution in [3.8, 4) is 22.3 Å². The Morgan fingerprint density at radius 2 is 0.781 bits per heavy atom. The van der Waals surface area contributed by atoms with Crippen molar-refractivity contribution in [3.63, 3.8) is 0 Å². The molecule has 2 aliphatic rings. The van der Waals surface area contributed by atoms with Crippen molar-refractivity contribution in [2.75, 3.05) is 4.90 Å². The molecule has 10 aromatic carbocycles. The lowest BCUT2D eigenvalue weighted by molar-refractivity contribution is 0.648. The quantitative estimate of drug-likeness (QED) is 0.159. The van der Waals surface area contributed by atoms with E-state index < -0.39 is 10.8 Å².